The van der Waals surface area contributed by atoms with Gasteiger partial charge in [0.1, 0.15) is 0 Å². The van der Waals surface area contributed by atoms with Crippen molar-refractivity contribution in [2.24, 2.45) is 0 Å². The van der Waals surface area contributed by atoms with Crippen molar-refractivity contribution in [3.63, 3.8) is 0 Å². The van der Waals surface area contributed by atoms with E-state index in [-0.39, 0.29) is 10.6 Å². The Bertz CT molecular complexity index is 664. The molecule has 4 nitrogen and oxygen atoms in total. The van der Waals surface area contributed by atoms with Crippen LogP contribution in [0.5, 0.6) is 0 Å². The van der Waals surface area contributed by atoms with Crippen molar-refractivity contribution in [3.8, 4) is 0 Å². The molecule has 0 aliphatic carbocycles. The fraction of sp³-hybridized carbons (Fsp3) is 0.200. The summed E-state index contributed by atoms with van der Waals surface area (Å²) in [7, 11) is 1.96. The minimum Gasteiger partial charge on any atom is -0.298 e. The Morgan fingerprint density at radius 3 is 2.62 bits per heavy atom. The Kier molecular flexibility index (Phi) is 5.33. The van der Waals surface area contributed by atoms with Crippen molar-refractivity contribution >= 4 is 33.2 Å². The molecule has 110 valence electrons. The van der Waals surface area contributed by atoms with Gasteiger partial charge in [-0.05, 0) is 46.2 Å². The molecular weight excluding hydrogens is 356 g/mol. The summed E-state index contributed by atoms with van der Waals surface area (Å²) < 4.78 is 0.535. The first kappa shape index (κ1) is 15.9. The largest absolute Gasteiger partial charge is 0.298 e. The molecule has 0 amide bonds. The van der Waals surface area contributed by atoms with Gasteiger partial charge in [0.25, 0.3) is 5.69 Å². The molecule has 0 aromatic heterocycles. The zero-order valence-electron chi connectivity index (χ0n) is 11.4. The van der Waals surface area contributed by atoms with Gasteiger partial charge in [-0.2, -0.15) is 0 Å². The van der Waals surface area contributed by atoms with Crippen LogP contribution in [0.25, 0.3) is 0 Å². The van der Waals surface area contributed by atoms with Crippen LogP contribution in [-0.2, 0) is 13.1 Å². The van der Waals surface area contributed by atoms with E-state index in [1.165, 1.54) is 6.07 Å². The number of rotatable bonds is 5. The van der Waals surface area contributed by atoms with Crippen LogP contribution in [0, 0.1) is 10.1 Å². The molecule has 0 N–H and O–H groups in total. The van der Waals surface area contributed by atoms with Crippen LogP contribution in [0.15, 0.2) is 46.9 Å². The zero-order chi connectivity index (χ0) is 15.4. The summed E-state index contributed by atoms with van der Waals surface area (Å²) in [5, 5.41) is 11.6. The van der Waals surface area contributed by atoms with E-state index in [9.17, 15) is 10.1 Å². The second-order valence-electron chi connectivity index (χ2n) is 4.81. The van der Waals surface area contributed by atoms with Crippen molar-refractivity contribution in [1.29, 1.82) is 0 Å². The molecule has 0 atom stereocenters. The van der Waals surface area contributed by atoms with Crippen LogP contribution >= 0.6 is 27.5 Å². The SMILES string of the molecule is CN(Cc1cccc(Cl)c1)Cc1cccc([N+](=O)[O-])c1Br. The average Bonchev–Trinajstić information content (AvgIpc) is 2.40. The van der Waals surface area contributed by atoms with E-state index in [2.05, 4.69) is 20.8 Å². The molecule has 0 bridgehead atoms. The monoisotopic (exact) mass is 368 g/mol. The molecule has 0 unspecified atom stereocenters. The zero-order valence-corrected chi connectivity index (χ0v) is 13.8. The van der Waals surface area contributed by atoms with Crippen LogP contribution in [-0.4, -0.2) is 16.9 Å². The number of nitrogens with zero attached hydrogens (tertiary/aromatic N) is 2. The highest BCUT2D eigenvalue weighted by Gasteiger charge is 2.15. The number of halogens is 2. The van der Waals surface area contributed by atoms with Crippen LogP contribution in [0.4, 0.5) is 5.69 Å². The summed E-state index contributed by atoms with van der Waals surface area (Å²) in [5.74, 6) is 0. The predicted octanol–water partition coefficient (Wildman–Crippen LogP) is 4.64. The van der Waals surface area contributed by atoms with E-state index >= 15 is 0 Å². The highest BCUT2D eigenvalue weighted by atomic mass is 79.9. The minimum atomic E-state index is -0.384. The smallest absolute Gasteiger partial charge is 0.283 e. The van der Waals surface area contributed by atoms with E-state index < -0.39 is 0 Å². The lowest BCUT2D eigenvalue weighted by molar-refractivity contribution is -0.385. The first-order valence-corrected chi connectivity index (χ1v) is 7.49. The second-order valence-corrected chi connectivity index (χ2v) is 6.04. The van der Waals surface area contributed by atoms with Gasteiger partial charge >= 0.3 is 0 Å². The van der Waals surface area contributed by atoms with Crippen molar-refractivity contribution < 1.29 is 4.92 Å². The highest BCUT2D eigenvalue weighted by molar-refractivity contribution is 9.10. The van der Waals surface area contributed by atoms with E-state index in [0.717, 1.165) is 17.7 Å². The standard InChI is InChI=1S/C15H14BrClN2O2/c1-18(9-11-4-2-6-13(17)8-11)10-12-5-3-7-14(15(12)16)19(20)21/h2-8H,9-10H2,1H3. The fourth-order valence-corrected chi connectivity index (χ4v) is 2.87. The van der Waals surface area contributed by atoms with Gasteiger partial charge in [0, 0.05) is 24.2 Å². The lowest BCUT2D eigenvalue weighted by Gasteiger charge is -2.17. The van der Waals surface area contributed by atoms with Gasteiger partial charge in [0.2, 0.25) is 0 Å². The number of nitro groups is 1. The third-order valence-corrected chi connectivity index (χ3v) is 4.19. The minimum absolute atomic E-state index is 0.0867. The lowest BCUT2D eigenvalue weighted by atomic mass is 10.1. The first-order valence-electron chi connectivity index (χ1n) is 6.32. The van der Waals surface area contributed by atoms with Gasteiger partial charge in [-0.15, -0.1) is 0 Å². The van der Waals surface area contributed by atoms with Gasteiger partial charge in [-0.3, -0.25) is 15.0 Å². The number of hydrogen-bond donors (Lipinski definition) is 0. The molecular formula is C15H14BrClN2O2. The topological polar surface area (TPSA) is 46.4 Å². The summed E-state index contributed by atoms with van der Waals surface area (Å²) >= 11 is 9.29. The first-order chi connectivity index (χ1) is 9.97. The van der Waals surface area contributed by atoms with E-state index in [1.807, 2.05) is 37.4 Å². The van der Waals surface area contributed by atoms with Gasteiger partial charge in [-0.1, -0.05) is 35.9 Å². The van der Waals surface area contributed by atoms with Crippen molar-refractivity contribution in [2.75, 3.05) is 7.05 Å². The number of hydrogen-bond acceptors (Lipinski definition) is 3. The molecule has 2 rings (SSSR count). The second kappa shape index (κ2) is 7.02. The maximum Gasteiger partial charge on any atom is 0.283 e. The normalized spacial score (nSPS) is 10.9. The Hall–Kier alpha value is -1.43. The third-order valence-electron chi connectivity index (χ3n) is 3.04. The Morgan fingerprint density at radius 2 is 1.95 bits per heavy atom. The molecule has 0 spiro atoms. The molecule has 2 aromatic rings. The van der Waals surface area contributed by atoms with Crippen LogP contribution in [0.2, 0.25) is 5.02 Å². The van der Waals surface area contributed by atoms with Crippen molar-refractivity contribution in [3.05, 3.63) is 73.2 Å². The molecule has 6 heteroatoms. The molecule has 21 heavy (non-hydrogen) atoms. The molecule has 0 radical (unpaired) electrons. The Labute approximate surface area is 136 Å². The molecule has 2 aromatic carbocycles. The van der Waals surface area contributed by atoms with Gasteiger partial charge in [0.05, 0.1) is 9.40 Å². The maximum absolute atomic E-state index is 10.9. The highest BCUT2D eigenvalue weighted by Crippen LogP contribution is 2.29. The van der Waals surface area contributed by atoms with Crippen molar-refractivity contribution in [2.45, 2.75) is 13.1 Å². The number of nitro benzene ring substituents is 1. The predicted molar refractivity (Wildman–Crippen MR) is 87.4 cm³/mol. The summed E-state index contributed by atoms with van der Waals surface area (Å²) in [6.45, 7) is 1.32. The molecule has 0 saturated carbocycles. The average molecular weight is 370 g/mol. The quantitative estimate of drug-likeness (QED) is 0.569. The maximum atomic E-state index is 10.9. The van der Waals surface area contributed by atoms with E-state index in [4.69, 9.17) is 11.6 Å². The third kappa shape index (κ3) is 4.27. The molecule has 0 saturated heterocycles. The Morgan fingerprint density at radius 1 is 1.24 bits per heavy atom. The Balaban J connectivity index is 2.11. The fourth-order valence-electron chi connectivity index (χ4n) is 2.12. The summed E-state index contributed by atoms with van der Waals surface area (Å²) in [6, 6.07) is 12.7. The van der Waals surface area contributed by atoms with Gasteiger partial charge in [0.15, 0.2) is 0 Å². The van der Waals surface area contributed by atoms with E-state index in [0.29, 0.717) is 16.0 Å². The molecule has 0 aliphatic heterocycles. The van der Waals surface area contributed by atoms with Crippen LogP contribution in [0.1, 0.15) is 11.1 Å². The lowest BCUT2D eigenvalue weighted by Crippen LogP contribution is -2.17. The summed E-state index contributed by atoms with van der Waals surface area (Å²) in [5.41, 5.74) is 2.07. The van der Waals surface area contributed by atoms with Crippen molar-refractivity contribution in [1.82, 2.24) is 4.90 Å². The van der Waals surface area contributed by atoms with Crippen LogP contribution < -0.4 is 0 Å². The molecule has 0 aliphatic rings. The van der Waals surface area contributed by atoms with Gasteiger partial charge < -0.3 is 0 Å². The summed E-state index contributed by atoms with van der Waals surface area (Å²) in [6.07, 6.45) is 0. The van der Waals surface area contributed by atoms with E-state index in [1.54, 1.807) is 6.07 Å². The molecule has 0 fully saturated rings. The van der Waals surface area contributed by atoms with Gasteiger partial charge in [-0.25, -0.2) is 0 Å². The number of benzene rings is 2. The molecule has 0 heterocycles. The summed E-state index contributed by atoms with van der Waals surface area (Å²) in [4.78, 5) is 12.6. The van der Waals surface area contributed by atoms with Crippen LogP contribution in [0.3, 0.4) is 0 Å².